The Balaban J connectivity index is 2.21. The quantitative estimate of drug-likeness (QED) is 0.804. The van der Waals surface area contributed by atoms with Crippen molar-refractivity contribution in [2.75, 3.05) is 13.1 Å². The van der Waals surface area contributed by atoms with E-state index in [0.29, 0.717) is 6.42 Å². The summed E-state index contributed by atoms with van der Waals surface area (Å²) in [5.41, 5.74) is 2.00. The minimum Gasteiger partial charge on any atom is -0.343 e. The Morgan fingerprint density at radius 1 is 1.35 bits per heavy atom. The van der Waals surface area contributed by atoms with Gasteiger partial charge < -0.3 is 4.90 Å². The number of pyridine rings is 1. The molecule has 0 spiro atoms. The van der Waals surface area contributed by atoms with Crippen LogP contribution in [0, 0.1) is 0 Å². The van der Waals surface area contributed by atoms with Crippen molar-refractivity contribution in [2.45, 2.75) is 20.3 Å². The number of hydrogen-bond acceptors (Lipinski definition) is 2. The first-order valence-electron chi connectivity index (χ1n) is 5.95. The standard InChI is InChI=1S/C13H17N3O/c1-3-15(4-2)13(17)9-11-10-14-16-8-6-5-7-12(11)16/h5-8,10H,3-4,9H2,1-2H3. The molecule has 0 aliphatic carbocycles. The molecule has 17 heavy (non-hydrogen) atoms. The van der Waals surface area contributed by atoms with Crippen LogP contribution in [-0.4, -0.2) is 33.5 Å². The van der Waals surface area contributed by atoms with Gasteiger partial charge >= 0.3 is 0 Å². The number of aromatic nitrogens is 2. The average Bonchev–Trinajstić information content (AvgIpc) is 2.74. The number of rotatable bonds is 4. The van der Waals surface area contributed by atoms with Crippen LogP contribution in [0.3, 0.4) is 0 Å². The molecule has 0 atom stereocenters. The SMILES string of the molecule is CCN(CC)C(=O)Cc1cnn2ccccc12. The Morgan fingerprint density at radius 2 is 2.12 bits per heavy atom. The minimum absolute atomic E-state index is 0.161. The van der Waals surface area contributed by atoms with E-state index in [0.717, 1.165) is 24.2 Å². The van der Waals surface area contributed by atoms with Crippen LogP contribution in [0.25, 0.3) is 5.52 Å². The molecule has 0 aliphatic heterocycles. The van der Waals surface area contributed by atoms with E-state index < -0.39 is 0 Å². The average molecular weight is 231 g/mol. The lowest BCUT2D eigenvalue weighted by atomic mass is 10.2. The summed E-state index contributed by atoms with van der Waals surface area (Å²) in [5.74, 6) is 0.161. The largest absolute Gasteiger partial charge is 0.343 e. The van der Waals surface area contributed by atoms with E-state index in [1.54, 1.807) is 10.7 Å². The molecule has 0 aliphatic rings. The number of amides is 1. The number of likely N-dealkylation sites (N-methyl/N-ethyl adjacent to an activating group) is 1. The Labute approximate surface area is 101 Å². The van der Waals surface area contributed by atoms with Crippen molar-refractivity contribution in [3.8, 4) is 0 Å². The molecule has 0 saturated carbocycles. The van der Waals surface area contributed by atoms with Crippen LogP contribution < -0.4 is 0 Å². The predicted molar refractivity (Wildman–Crippen MR) is 66.8 cm³/mol. The molecule has 90 valence electrons. The lowest BCUT2D eigenvalue weighted by Crippen LogP contribution is -2.31. The van der Waals surface area contributed by atoms with Crippen LogP contribution in [0.2, 0.25) is 0 Å². The highest BCUT2D eigenvalue weighted by Crippen LogP contribution is 2.11. The molecule has 0 radical (unpaired) electrons. The highest BCUT2D eigenvalue weighted by molar-refractivity contribution is 5.81. The molecular weight excluding hydrogens is 214 g/mol. The predicted octanol–water partition coefficient (Wildman–Crippen LogP) is 1.75. The Kier molecular flexibility index (Phi) is 3.42. The van der Waals surface area contributed by atoms with Gasteiger partial charge in [-0.05, 0) is 26.0 Å². The Hall–Kier alpha value is -1.84. The van der Waals surface area contributed by atoms with Crippen molar-refractivity contribution >= 4 is 11.4 Å². The van der Waals surface area contributed by atoms with Crippen molar-refractivity contribution in [3.05, 3.63) is 36.2 Å². The first-order chi connectivity index (χ1) is 8.26. The van der Waals surface area contributed by atoms with Crippen LogP contribution in [-0.2, 0) is 11.2 Å². The zero-order chi connectivity index (χ0) is 12.3. The van der Waals surface area contributed by atoms with Gasteiger partial charge in [0.25, 0.3) is 0 Å². The fourth-order valence-corrected chi connectivity index (χ4v) is 1.97. The number of nitrogens with zero attached hydrogens (tertiary/aromatic N) is 3. The number of fused-ring (bicyclic) bond motifs is 1. The van der Waals surface area contributed by atoms with Gasteiger partial charge in [0.05, 0.1) is 18.1 Å². The molecule has 2 aromatic heterocycles. The normalized spacial score (nSPS) is 10.7. The van der Waals surface area contributed by atoms with Gasteiger partial charge in [0.1, 0.15) is 0 Å². The topological polar surface area (TPSA) is 37.6 Å². The first-order valence-corrected chi connectivity index (χ1v) is 5.95. The molecule has 1 amide bonds. The molecule has 0 fully saturated rings. The Bertz CT molecular complexity index is 514. The molecule has 0 unspecified atom stereocenters. The zero-order valence-corrected chi connectivity index (χ0v) is 10.3. The van der Waals surface area contributed by atoms with Gasteiger partial charge in [0, 0.05) is 24.8 Å². The minimum atomic E-state index is 0.161. The van der Waals surface area contributed by atoms with Crippen molar-refractivity contribution < 1.29 is 4.79 Å². The van der Waals surface area contributed by atoms with Gasteiger partial charge in [-0.15, -0.1) is 0 Å². The second kappa shape index (κ2) is 4.99. The lowest BCUT2D eigenvalue weighted by Gasteiger charge is -2.18. The van der Waals surface area contributed by atoms with Crippen molar-refractivity contribution in [3.63, 3.8) is 0 Å². The van der Waals surface area contributed by atoms with Crippen molar-refractivity contribution in [1.82, 2.24) is 14.5 Å². The van der Waals surface area contributed by atoms with E-state index in [4.69, 9.17) is 0 Å². The first kappa shape index (κ1) is 11.6. The van der Waals surface area contributed by atoms with Gasteiger partial charge in [0.15, 0.2) is 0 Å². The molecule has 4 nitrogen and oxygen atoms in total. The molecule has 2 aromatic rings. The van der Waals surface area contributed by atoms with E-state index in [1.807, 2.05) is 43.1 Å². The maximum atomic E-state index is 12.0. The van der Waals surface area contributed by atoms with Gasteiger partial charge in [-0.3, -0.25) is 4.79 Å². The second-order valence-corrected chi connectivity index (χ2v) is 3.94. The fraction of sp³-hybridized carbons (Fsp3) is 0.385. The van der Waals surface area contributed by atoms with Gasteiger partial charge in [0.2, 0.25) is 5.91 Å². The fourth-order valence-electron chi connectivity index (χ4n) is 1.97. The van der Waals surface area contributed by atoms with Crippen LogP contribution in [0.4, 0.5) is 0 Å². The third kappa shape index (κ3) is 2.30. The van der Waals surface area contributed by atoms with Crippen molar-refractivity contribution in [2.24, 2.45) is 0 Å². The molecular formula is C13H17N3O. The van der Waals surface area contributed by atoms with E-state index in [1.165, 1.54) is 0 Å². The molecule has 0 bridgehead atoms. The van der Waals surface area contributed by atoms with E-state index in [2.05, 4.69) is 5.10 Å². The molecule has 0 saturated heterocycles. The summed E-state index contributed by atoms with van der Waals surface area (Å²) in [4.78, 5) is 13.8. The Morgan fingerprint density at radius 3 is 2.82 bits per heavy atom. The summed E-state index contributed by atoms with van der Waals surface area (Å²) in [7, 11) is 0. The van der Waals surface area contributed by atoms with Crippen molar-refractivity contribution in [1.29, 1.82) is 0 Å². The lowest BCUT2D eigenvalue weighted by molar-refractivity contribution is -0.130. The monoisotopic (exact) mass is 231 g/mol. The van der Waals surface area contributed by atoms with Gasteiger partial charge in [-0.1, -0.05) is 6.07 Å². The summed E-state index contributed by atoms with van der Waals surface area (Å²) >= 11 is 0. The maximum Gasteiger partial charge on any atom is 0.227 e. The number of carbonyl (C=O) groups excluding carboxylic acids is 1. The molecule has 2 rings (SSSR count). The smallest absolute Gasteiger partial charge is 0.227 e. The summed E-state index contributed by atoms with van der Waals surface area (Å²) < 4.78 is 1.80. The third-order valence-electron chi connectivity index (χ3n) is 2.96. The van der Waals surface area contributed by atoms with Crippen LogP contribution >= 0.6 is 0 Å². The number of carbonyl (C=O) groups is 1. The van der Waals surface area contributed by atoms with Crippen LogP contribution in [0.5, 0.6) is 0 Å². The molecule has 2 heterocycles. The highest BCUT2D eigenvalue weighted by Gasteiger charge is 2.13. The molecule has 0 N–H and O–H groups in total. The van der Waals surface area contributed by atoms with Crippen LogP contribution in [0.15, 0.2) is 30.6 Å². The zero-order valence-electron chi connectivity index (χ0n) is 10.3. The van der Waals surface area contributed by atoms with Crippen LogP contribution in [0.1, 0.15) is 19.4 Å². The summed E-state index contributed by atoms with van der Waals surface area (Å²) in [5, 5.41) is 4.23. The summed E-state index contributed by atoms with van der Waals surface area (Å²) in [6.45, 7) is 5.51. The van der Waals surface area contributed by atoms with E-state index >= 15 is 0 Å². The van der Waals surface area contributed by atoms with Gasteiger partial charge in [-0.2, -0.15) is 5.10 Å². The van der Waals surface area contributed by atoms with E-state index in [-0.39, 0.29) is 5.91 Å². The molecule has 0 aromatic carbocycles. The maximum absolute atomic E-state index is 12.0. The molecule has 4 heteroatoms. The number of hydrogen-bond donors (Lipinski definition) is 0. The van der Waals surface area contributed by atoms with Gasteiger partial charge in [-0.25, -0.2) is 4.52 Å². The summed E-state index contributed by atoms with van der Waals surface area (Å²) in [6.07, 6.45) is 4.09. The third-order valence-corrected chi connectivity index (χ3v) is 2.96. The van der Waals surface area contributed by atoms with E-state index in [9.17, 15) is 4.79 Å². The highest BCUT2D eigenvalue weighted by atomic mass is 16.2. The second-order valence-electron chi connectivity index (χ2n) is 3.94. The summed E-state index contributed by atoms with van der Waals surface area (Å²) in [6, 6.07) is 5.87.